The van der Waals surface area contributed by atoms with Crippen LogP contribution >= 0.6 is 0 Å². The molecule has 3 heterocycles. The van der Waals surface area contributed by atoms with Crippen molar-refractivity contribution < 1.29 is 22.7 Å². The first-order valence-corrected chi connectivity index (χ1v) is 8.57. The maximum Gasteiger partial charge on any atom is 0.276 e. The van der Waals surface area contributed by atoms with Crippen LogP contribution in [0.3, 0.4) is 0 Å². The number of hydrogen-bond donors (Lipinski definition) is 1. The van der Waals surface area contributed by atoms with Crippen molar-refractivity contribution in [3.8, 4) is 0 Å². The minimum Gasteiger partial charge on any atom is -0.446 e. The molecule has 0 bridgehead atoms. The highest BCUT2D eigenvalue weighted by Gasteiger charge is 2.37. The molecule has 0 aromatic carbocycles. The summed E-state index contributed by atoms with van der Waals surface area (Å²) in [5.41, 5.74) is 0. The Hall–Kier alpha value is -0.930. The number of sulfonamides is 1. The van der Waals surface area contributed by atoms with E-state index in [0.717, 1.165) is 19.5 Å². The van der Waals surface area contributed by atoms with E-state index >= 15 is 0 Å². The van der Waals surface area contributed by atoms with Gasteiger partial charge < -0.3 is 14.3 Å². The highest BCUT2D eigenvalue weighted by molar-refractivity contribution is 7.89. The van der Waals surface area contributed by atoms with E-state index in [1.165, 1.54) is 16.4 Å². The van der Waals surface area contributed by atoms with Crippen molar-refractivity contribution >= 4 is 10.0 Å². The molecule has 118 valence electrons. The Morgan fingerprint density at radius 3 is 2.67 bits per heavy atom. The van der Waals surface area contributed by atoms with Crippen LogP contribution in [0.2, 0.25) is 0 Å². The van der Waals surface area contributed by atoms with Crippen molar-refractivity contribution in [2.45, 2.75) is 24.2 Å². The van der Waals surface area contributed by atoms with Gasteiger partial charge in [0.1, 0.15) is 12.4 Å². The van der Waals surface area contributed by atoms with E-state index in [2.05, 4.69) is 4.90 Å². The van der Waals surface area contributed by atoms with E-state index in [9.17, 15) is 8.42 Å². The molecule has 2 fully saturated rings. The highest BCUT2D eigenvalue weighted by atomic mass is 32.2. The fourth-order valence-electron chi connectivity index (χ4n) is 2.88. The molecule has 21 heavy (non-hydrogen) atoms. The molecule has 0 saturated carbocycles. The lowest BCUT2D eigenvalue weighted by Crippen LogP contribution is -2.45. The van der Waals surface area contributed by atoms with Crippen LogP contribution in [0.1, 0.15) is 12.2 Å². The Bertz CT molecular complexity index is 579. The molecular formula is C13H20N2O5S. The van der Waals surface area contributed by atoms with E-state index in [4.69, 9.17) is 14.3 Å². The first kappa shape index (κ1) is 15.0. The number of aliphatic hydroxyl groups excluding tert-OH is 1. The van der Waals surface area contributed by atoms with Crippen molar-refractivity contribution in [3.05, 3.63) is 17.9 Å². The molecule has 2 aliphatic heterocycles. The van der Waals surface area contributed by atoms with Crippen LogP contribution in [0, 0.1) is 0 Å². The number of hydrogen-bond acceptors (Lipinski definition) is 6. The van der Waals surface area contributed by atoms with Crippen molar-refractivity contribution in [1.29, 1.82) is 0 Å². The average molecular weight is 316 g/mol. The Balaban J connectivity index is 1.69. The standard InChI is InChI=1S/C13H20N2O5S/c16-10-12-1-2-13(20-12)21(17,18)15-4-3-11(9-15)14-5-7-19-8-6-14/h1-2,11,16H,3-10H2. The molecule has 1 unspecified atom stereocenters. The van der Waals surface area contributed by atoms with E-state index in [-0.39, 0.29) is 23.5 Å². The lowest BCUT2D eigenvalue weighted by atomic mass is 10.2. The molecule has 0 aliphatic carbocycles. The van der Waals surface area contributed by atoms with Crippen LogP contribution in [0.5, 0.6) is 0 Å². The predicted molar refractivity (Wildman–Crippen MR) is 74.2 cm³/mol. The molecule has 7 nitrogen and oxygen atoms in total. The first-order chi connectivity index (χ1) is 10.1. The lowest BCUT2D eigenvalue weighted by Gasteiger charge is -2.31. The molecule has 2 aliphatic rings. The second-order valence-electron chi connectivity index (χ2n) is 5.33. The van der Waals surface area contributed by atoms with E-state index in [0.29, 0.717) is 26.3 Å². The molecular weight excluding hydrogens is 296 g/mol. The summed E-state index contributed by atoms with van der Waals surface area (Å²) in [4.78, 5) is 2.29. The van der Waals surface area contributed by atoms with Gasteiger partial charge in [0.25, 0.3) is 10.0 Å². The Morgan fingerprint density at radius 2 is 2.00 bits per heavy atom. The van der Waals surface area contributed by atoms with Gasteiger partial charge >= 0.3 is 0 Å². The van der Waals surface area contributed by atoms with E-state index < -0.39 is 10.0 Å². The fourth-order valence-corrected chi connectivity index (χ4v) is 4.30. The molecule has 0 spiro atoms. The summed E-state index contributed by atoms with van der Waals surface area (Å²) in [5, 5.41) is 8.88. The van der Waals surface area contributed by atoms with Gasteiger partial charge in [-0.15, -0.1) is 0 Å². The third kappa shape index (κ3) is 3.00. The predicted octanol–water partition coefficient (Wildman–Crippen LogP) is -0.133. The Labute approximate surface area is 124 Å². The summed E-state index contributed by atoms with van der Waals surface area (Å²) in [5.74, 6) is 0.262. The molecule has 3 rings (SSSR count). The second-order valence-corrected chi connectivity index (χ2v) is 7.20. The maximum atomic E-state index is 12.5. The molecule has 1 atom stereocenters. The van der Waals surface area contributed by atoms with Crippen molar-refractivity contribution in [2.24, 2.45) is 0 Å². The zero-order valence-electron chi connectivity index (χ0n) is 11.8. The van der Waals surface area contributed by atoms with Gasteiger partial charge in [-0.2, -0.15) is 4.31 Å². The molecule has 0 radical (unpaired) electrons. The highest BCUT2D eigenvalue weighted by Crippen LogP contribution is 2.25. The van der Waals surface area contributed by atoms with Crippen molar-refractivity contribution in [1.82, 2.24) is 9.21 Å². The monoisotopic (exact) mass is 316 g/mol. The molecule has 0 amide bonds. The normalized spacial score (nSPS) is 25.5. The number of aliphatic hydroxyl groups is 1. The van der Waals surface area contributed by atoms with Crippen molar-refractivity contribution in [2.75, 3.05) is 39.4 Å². The van der Waals surface area contributed by atoms with Crippen LogP contribution in [0.15, 0.2) is 21.6 Å². The number of nitrogens with zero attached hydrogens (tertiary/aromatic N) is 2. The van der Waals surface area contributed by atoms with E-state index in [1.807, 2.05) is 0 Å². The van der Waals surface area contributed by atoms with Crippen molar-refractivity contribution in [3.63, 3.8) is 0 Å². The quantitative estimate of drug-likeness (QED) is 0.833. The van der Waals surface area contributed by atoms with Gasteiger partial charge in [0.15, 0.2) is 0 Å². The smallest absolute Gasteiger partial charge is 0.276 e. The molecule has 1 aromatic heterocycles. The Kier molecular flexibility index (Phi) is 4.32. The minimum atomic E-state index is -3.60. The number of rotatable bonds is 4. The van der Waals surface area contributed by atoms with Gasteiger partial charge in [-0.1, -0.05) is 0 Å². The number of ether oxygens (including phenoxy) is 1. The maximum absolute atomic E-state index is 12.5. The van der Waals surface area contributed by atoms with Crippen LogP contribution in [-0.2, 0) is 21.4 Å². The topological polar surface area (TPSA) is 83.2 Å². The summed E-state index contributed by atoms with van der Waals surface area (Å²) >= 11 is 0. The zero-order valence-corrected chi connectivity index (χ0v) is 12.6. The zero-order chi connectivity index (χ0) is 14.9. The second kappa shape index (κ2) is 6.05. The van der Waals surface area contributed by atoms with Gasteiger partial charge in [-0.25, -0.2) is 8.42 Å². The Morgan fingerprint density at radius 1 is 1.24 bits per heavy atom. The van der Waals surface area contributed by atoms with Gasteiger partial charge in [0.05, 0.1) is 13.2 Å². The molecule has 1 aromatic rings. The summed E-state index contributed by atoms with van der Waals surface area (Å²) in [7, 11) is -3.60. The third-order valence-corrected chi connectivity index (χ3v) is 5.81. The lowest BCUT2D eigenvalue weighted by molar-refractivity contribution is 0.0196. The summed E-state index contributed by atoms with van der Waals surface area (Å²) in [6.45, 7) is 3.81. The number of morpholine rings is 1. The molecule has 1 N–H and O–H groups in total. The van der Waals surface area contributed by atoms with E-state index in [1.54, 1.807) is 0 Å². The SMILES string of the molecule is O=S(=O)(c1ccc(CO)o1)N1CCC(N2CCOCC2)C1. The van der Waals surface area contributed by atoms with Gasteiger partial charge in [-0.3, -0.25) is 4.90 Å². The summed E-state index contributed by atoms with van der Waals surface area (Å²) in [6.07, 6.45) is 0.826. The largest absolute Gasteiger partial charge is 0.446 e. The van der Waals surface area contributed by atoms with Gasteiger partial charge in [-0.05, 0) is 18.6 Å². The fraction of sp³-hybridized carbons (Fsp3) is 0.692. The molecule has 2 saturated heterocycles. The molecule has 8 heteroatoms. The average Bonchev–Trinajstić information content (AvgIpc) is 3.18. The third-order valence-electron chi connectivity index (χ3n) is 4.08. The van der Waals surface area contributed by atoms with Crippen LogP contribution in [0.25, 0.3) is 0 Å². The first-order valence-electron chi connectivity index (χ1n) is 7.13. The number of furan rings is 1. The van der Waals surface area contributed by atoms with Crippen LogP contribution in [0.4, 0.5) is 0 Å². The minimum absolute atomic E-state index is 0.0887. The van der Waals surface area contributed by atoms with Crippen LogP contribution in [-0.4, -0.2) is 68.2 Å². The van der Waals surface area contributed by atoms with Gasteiger partial charge in [0.2, 0.25) is 5.09 Å². The summed E-state index contributed by atoms with van der Waals surface area (Å²) in [6, 6.07) is 3.14. The van der Waals surface area contributed by atoms with Crippen LogP contribution < -0.4 is 0 Å². The summed E-state index contributed by atoms with van der Waals surface area (Å²) < 4.78 is 37.0. The van der Waals surface area contributed by atoms with Gasteiger partial charge in [0, 0.05) is 32.2 Å².